The van der Waals surface area contributed by atoms with Crippen molar-refractivity contribution in [3.05, 3.63) is 60.4 Å². The van der Waals surface area contributed by atoms with Gasteiger partial charge in [0.15, 0.2) is 11.5 Å². The summed E-state index contributed by atoms with van der Waals surface area (Å²) in [6.45, 7) is 1.45. The third-order valence-electron chi connectivity index (χ3n) is 4.72. The van der Waals surface area contributed by atoms with Crippen LogP contribution in [0.5, 0.6) is 23.0 Å². The first-order chi connectivity index (χ1) is 14.6. The van der Waals surface area contributed by atoms with Gasteiger partial charge in [-0.1, -0.05) is 18.2 Å². The van der Waals surface area contributed by atoms with Crippen LogP contribution in [0.15, 0.2) is 54.7 Å². The standard InChI is InChI=1S/C23H22N2O5/c1-14-21(9-15-5-3-4-6-18(15)25-14)30-20-7-8-24-19-11-22(28-2)23(10-17(19)20)29-13-16(27)12-26/h3-11,16,26-27H,12-13H2,1-2H3. The maximum absolute atomic E-state index is 9.60. The molecule has 0 aliphatic rings. The molecule has 1 atom stereocenters. The zero-order chi connectivity index (χ0) is 21.1. The Hall–Kier alpha value is -3.42. The van der Waals surface area contributed by atoms with Gasteiger partial charge in [-0.25, -0.2) is 4.98 Å². The Kier molecular flexibility index (Phi) is 5.65. The third-order valence-corrected chi connectivity index (χ3v) is 4.72. The summed E-state index contributed by atoms with van der Waals surface area (Å²) < 4.78 is 17.2. The van der Waals surface area contributed by atoms with E-state index >= 15 is 0 Å². The number of pyridine rings is 2. The minimum atomic E-state index is -0.985. The second kappa shape index (κ2) is 8.52. The fourth-order valence-electron chi connectivity index (χ4n) is 3.14. The summed E-state index contributed by atoms with van der Waals surface area (Å²) in [6, 6.07) is 15.1. The number of ether oxygens (including phenoxy) is 3. The van der Waals surface area contributed by atoms with Crippen LogP contribution in [0.3, 0.4) is 0 Å². The number of hydrogen-bond donors (Lipinski definition) is 2. The largest absolute Gasteiger partial charge is 0.493 e. The zero-order valence-corrected chi connectivity index (χ0v) is 16.7. The van der Waals surface area contributed by atoms with Gasteiger partial charge < -0.3 is 24.4 Å². The molecule has 0 aliphatic heterocycles. The van der Waals surface area contributed by atoms with Gasteiger partial charge in [0.05, 0.1) is 30.4 Å². The van der Waals surface area contributed by atoms with E-state index in [-0.39, 0.29) is 13.2 Å². The van der Waals surface area contributed by atoms with Crippen molar-refractivity contribution in [2.45, 2.75) is 13.0 Å². The van der Waals surface area contributed by atoms with E-state index in [9.17, 15) is 5.11 Å². The van der Waals surface area contributed by atoms with Crippen LogP contribution < -0.4 is 14.2 Å². The van der Waals surface area contributed by atoms with Crippen molar-refractivity contribution in [1.82, 2.24) is 9.97 Å². The number of benzene rings is 2. The van der Waals surface area contributed by atoms with Gasteiger partial charge in [-0.15, -0.1) is 0 Å². The van der Waals surface area contributed by atoms with Crippen LogP contribution in [0, 0.1) is 6.92 Å². The van der Waals surface area contributed by atoms with Crippen LogP contribution in [-0.2, 0) is 0 Å². The second-order valence-corrected chi connectivity index (χ2v) is 6.84. The topological polar surface area (TPSA) is 93.9 Å². The Balaban J connectivity index is 1.74. The number of methoxy groups -OCH3 is 1. The summed E-state index contributed by atoms with van der Waals surface area (Å²) in [6.07, 6.45) is 0.679. The molecule has 0 aliphatic carbocycles. The van der Waals surface area contributed by atoms with Crippen molar-refractivity contribution in [3.8, 4) is 23.0 Å². The summed E-state index contributed by atoms with van der Waals surface area (Å²) >= 11 is 0. The minimum Gasteiger partial charge on any atom is -0.493 e. The van der Waals surface area contributed by atoms with Gasteiger partial charge in [-0.05, 0) is 31.2 Å². The van der Waals surface area contributed by atoms with Crippen LogP contribution in [0.4, 0.5) is 0 Å². The van der Waals surface area contributed by atoms with E-state index in [1.165, 1.54) is 7.11 Å². The Morgan fingerprint density at radius 3 is 2.60 bits per heavy atom. The SMILES string of the molecule is COc1cc2nccc(Oc3cc4ccccc4nc3C)c2cc1OCC(O)CO. The lowest BCUT2D eigenvalue weighted by Gasteiger charge is -2.16. The summed E-state index contributed by atoms with van der Waals surface area (Å²) in [5.41, 5.74) is 2.35. The Bertz CT molecular complexity index is 1200. The molecule has 4 aromatic rings. The molecule has 2 aromatic heterocycles. The van der Waals surface area contributed by atoms with Gasteiger partial charge >= 0.3 is 0 Å². The molecule has 0 spiro atoms. The number of rotatable bonds is 7. The van der Waals surface area contributed by atoms with Gasteiger partial charge in [0, 0.05) is 23.0 Å². The van der Waals surface area contributed by atoms with E-state index in [2.05, 4.69) is 9.97 Å². The highest BCUT2D eigenvalue weighted by atomic mass is 16.5. The summed E-state index contributed by atoms with van der Waals surface area (Å²) in [7, 11) is 1.53. The fourth-order valence-corrected chi connectivity index (χ4v) is 3.14. The fraction of sp³-hybridized carbons (Fsp3) is 0.217. The van der Waals surface area contributed by atoms with Crippen LogP contribution >= 0.6 is 0 Å². The highest BCUT2D eigenvalue weighted by molar-refractivity contribution is 5.88. The molecule has 0 bridgehead atoms. The van der Waals surface area contributed by atoms with Crippen LogP contribution in [0.2, 0.25) is 0 Å². The molecule has 2 heterocycles. The van der Waals surface area contributed by atoms with Crippen molar-refractivity contribution in [1.29, 1.82) is 0 Å². The van der Waals surface area contributed by atoms with Crippen LogP contribution in [0.1, 0.15) is 5.69 Å². The van der Waals surface area contributed by atoms with Gasteiger partial charge in [0.1, 0.15) is 24.2 Å². The van der Waals surface area contributed by atoms with Crippen molar-refractivity contribution in [2.24, 2.45) is 0 Å². The Morgan fingerprint density at radius 1 is 0.967 bits per heavy atom. The van der Waals surface area contributed by atoms with E-state index in [1.807, 2.05) is 37.3 Å². The number of fused-ring (bicyclic) bond motifs is 2. The lowest BCUT2D eigenvalue weighted by Crippen LogP contribution is -2.21. The molecule has 0 saturated carbocycles. The molecule has 0 fully saturated rings. The average molecular weight is 406 g/mol. The molecule has 30 heavy (non-hydrogen) atoms. The molecule has 4 rings (SSSR count). The predicted molar refractivity (Wildman–Crippen MR) is 113 cm³/mol. The molecule has 2 N–H and O–H groups in total. The number of nitrogens with zero attached hydrogens (tertiary/aromatic N) is 2. The molecule has 0 amide bonds. The first-order valence-electron chi connectivity index (χ1n) is 9.51. The number of aryl methyl sites for hydroxylation is 1. The number of para-hydroxylation sites is 1. The third kappa shape index (κ3) is 3.98. The maximum Gasteiger partial charge on any atom is 0.162 e. The predicted octanol–water partition coefficient (Wildman–Crippen LogP) is 3.62. The maximum atomic E-state index is 9.60. The first kappa shape index (κ1) is 19.9. The molecule has 154 valence electrons. The molecule has 1 unspecified atom stereocenters. The van der Waals surface area contributed by atoms with Crippen LogP contribution in [0.25, 0.3) is 21.8 Å². The van der Waals surface area contributed by atoms with Gasteiger partial charge in [0.25, 0.3) is 0 Å². The number of aliphatic hydroxyl groups excluding tert-OH is 2. The normalized spacial score (nSPS) is 12.1. The van der Waals surface area contributed by atoms with Gasteiger partial charge in [0.2, 0.25) is 0 Å². The molecule has 2 aromatic carbocycles. The van der Waals surface area contributed by atoms with E-state index < -0.39 is 6.10 Å². The monoisotopic (exact) mass is 406 g/mol. The lowest BCUT2D eigenvalue weighted by atomic mass is 10.1. The summed E-state index contributed by atoms with van der Waals surface area (Å²) in [5, 5.41) is 20.3. The van der Waals surface area contributed by atoms with Crippen molar-refractivity contribution < 1.29 is 24.4 Å². The van der Waals surface area contributed by atoms with Gasteiger partial charge in [-0.3, -0.25) is 4.98 Å². The molecule has 0 radical (unpaired) electrons. The second-order valence-electron chi connectivity index (χ2n) is 6.84. The van der Waals surface area contributed by atoms with Crippen molar-refractivity contribution >= 4 is 21.8 Å². The Morgan fingerprint density at radius 2 is 1.80 bits per heavy atom. The summed E-state index contributed by atoms with van der Waals surface area (Å²) in [5.74, 6) is 2.13. The van der Waals surface area contributed by atoms with Crippen LogP contribution in [-0.4, -0.2) is 46.6 Å². The molecular weight excluding hydrogens is 384 g/mol. The quantitative estimate of drug-likeness (QED) is 0.484. The number of aromatic nitrogens is 2. The highest BCUT2D eigenvalue weighted by Gasteiger charge is 2.14. The number of hydrogen-bond acceptors (Lipinski definition) is 7. The molecular formula is C23H22N2O5. The zero-order valence-electron chi connectivity index (χ0n) is 16.7. The van der Waals surface area contributed by atoms with E-state index in [0.29, 0.717) is 28.5 Å². The Labute approximate surface area is 173 Å². The minimum absolute atomic E-state index is 0.0669. The first-order valence-corrected chi connectivity index (χ1v) is 9.51. The summed E-state index contributed by atoms with van der Waals surface area (Å²) in [4.78, 5) is 9.01. The molecule has 7 nitrogen and oxygen atoms in total. The highest BCUT2D eigenvalue weighted by Crippen LogP contribution is 2.38. The van der Waals surface area contributed by atoms with E-state index in [4.69, 9.17) is 19.3 Å². The average Bonchev–Trinajstić information content (AvgIpc) is 2.77. The van der Waals surface area contributed by atoms with Crippen molar-refractivity contribution in [2.75, 3.05) is 20.3 Å². The van der Waals surface area contributed by atoms with Crippen molar-refractivity contribution in [3.63, 3.8) is 0 Å². The van der Waals surface area contributed by atoms with Gasteiger partial charge in [-0.2, -0.15) is 0 Å². The molecule has 7 heteroatoms. The smallest absolute Gasteiger partial charge is 0.162 e. The number of aliphatic hydroxyl groups is 2. The molecule has 0 saturated heterocycles. The lowest BCUT2D eigenvalue weighted by molar-refractivity contribution is 0.0528. The van der Waals surface area contributed by atoms with E-state index in [1.54, 1.807) is 24.4 Å². The van der Waals surface area contributed by atoms with E-state index in [0.717, 1.165) is 22.0 Å².